The minimum atomic E-state index is -0.473. The standard InChI is InChI=1S/C18H28N2O2/c1-12-10-13(2)14(3)17(11-12)22-15(4)18(21)19-16-6-8-20(5)9-7-16/h10-11,15-16H,6-9H2,1-5H3,(H,19,21)/t15-/m1/s1. The summed E-state index contributed by atoms with van der Waals surface area (Å²) in [5.74, 6) is 0.789. The summed E-state index contributed by atoms with van der Waals surface area (Å²) in [6.07, 6.45) is 1.55. The molecule has 0 aromatic heterocycles. The van der Waals surface area contributed by atoms with Gasteiger partial charge in [0, 0.05) is 6.04 Å². The van der Waals surface area contributed by atoms with E-state index in [2.05, 4.69) is 30.3 Å². The van der Waals surface area contributed by atoms with Crippen molar-refractivity contribution in [1.29, 1.82) is 0 Å². The first-order valence-electron chi connectivity index (χ1n) is 8.10. The van der Waals surface area contributed by atoms with Crippen molar-refractivity contribution in [1.82, 2.24) is 10.2 Å². The third kappa shape index (κ3) is 4.23. The van der Waals surface area contributed by atoms with Gasteiger partial charge in [0.15, 0.2) is 6.10 Å². The van der Waals surface area contributed by atoms with Gasteiger partial charge in [-0.25, -0.2) is 0 Å². The molecule has 2 rings (SSSR count). The molecule has 0 aliphatic carbocycles. The van der Waals surface area contributed by atoms with Gasteiger partial charge in [-0.2, -0.15) is 0 Å². The summed E-state index contributed by atoms with van der Waals surface area (Å²) in [5.41, 5.74) is 3.45. The van der Waals surface area contributed by atoms with Gasteiger partial charge < -0.3 is 15.0 Å². The highest BCUT2D eigenvalue weighted by molar-refractivity contribution is 5.81. The number of benzene rings is 1. The highest BCUT2D eigenvalue weighted by atomic mass is 16.5. The summed E-state index contributed by atoms with van der Waals surface area (Å²) < 4.78 is 5.91. The Morgan fingerprint density at radius 2 is 1.91 bits per heavy atom. The number of piperidine rings is 1. The van der Waals surface area contributed by atoms with Crippen LogP contribution in [0.1, 0.15) is 36.5 Å². The molecule has 1 aromatic carbocycles. The summed E-state index contributed by atoms with van der Waals surface area (Å²) in [6.45, 7) is 10.0. The molecule has 4 heteroatoms. The van der Waals surface area contributed by atoms with Crippen molar-refractivity contribution in [2.45, 2.75) is 52.7 Å². The average molecular weight is 304 g/mol. The second-order valence-corrected chi connectivity index (χ2v) is 6.55. The molecule has 1 aromatic rings. The van der Waals surface area contributed by atoms with Gasteiger partial charge in [0.1, 0.15) is 5.75 Å². The van der Waals surface area contributed by atoms with E-state index in [0.717, 1.165) is 42.8 Å². The fourth-order valence-electron chi connectivity index (χ4n) is 2.84. The first-order chi connectivity index (χ1) is 10.4. The SMILES string of the molecule is Cc1cc(C)c(C)c(O[C@H](C)C(=O)NC2CCN(C)CC2)c1. The van der Waals surface area contributed by atoms with Crippen molar-refractivity contribution in [3.8, 4) is 5.75 Å². The summed E-state index contributed by atoms with van der Waals surface area (Å²) in [6, 6.07) is 4.41. The zero-order chi connectivity index (χ0) is 16.3. The Kier molecular flexibility index (Phi) is 5.46. The number of nitrogens with zero attached hydrogens (tertiary/aromatic N) is 1. The monoisotopic (exact) mass is 304 g/mol. The van der Waals surface area contributed by atoms with E-state index in [1.165, 1.54) is 5.56 Å². The van der Waals surface area contributed by atoms with E-state index in [-0.39, 0.29) is 11.9 Å². The number of carbonyl (C=O) groups excluding carboxylic acids is 1. The highest BCUT2D eigenvalue weighted by Crippen LogP contribution is 2.24. The molecule has 0 bridgehead atoms. The van der Waals surface area contributed by atoms with E-state index in [1.54, 1.807) is 0 Å². The average Bonchev–Trinajstić information content (AvgIpc) is 2.46. The maximum absolute atomic E-state index is 12.3. The second-order valence-electron chi connectivity index (χ2n) is 6.55. The van der Waals surface area contributed by atoms with Crippen LogP contribution in [0, 0.1) is 20.8 Å². The van der Waals surface area contributed by atoms with Crippen LogP contribution in [0.25, 0.3) is 0 Å². The van der Waals surface area contributed by atoms with Crippen molar-refractivity contribution >= 4 is 5.91 Å². The van der Waals surface area contributed by atoms with E-state index >= 15 is 0 Å². The maximum Gasteiger partial charge on any atom is 0.260 e. The Labute approximate surface area is 133 Å². The first kappa shape index (κ1) is 16.8. The van der Waals surface area contributed by atoms with Gasteiger partial charge in [-0.05, 0) is 83.4 Å². The minimum Gasteiger partial charge on any atom is -0.481 e. The van der Waals surface area contributed by atoms with Crippen LogP contribution >= 0.6 is 0 Å². The van der Waals surface area contributed by atoms with Gasteiger partial charge in [-0.15, -0.1) is 0 Å². The molecule has 1 amide bonds. The van der Waals surface area contributed by atoms with E-state index in [9.17, 15) is 4.79 Å². The fraction of sp³-hybridized carbons (Fsp3) is 0.611. The lowest BCUT2D eigenvalue weighted by molar-refractivity contribution is -0.128. The van der Waals surface area contributed by atoms with Gasteiger partial charge in [-0.1, -0.05) is 6.07 Å². The van der Waals surface area contributed by atoms with Crippen LogP contribution in [-0.2, 0) is 4.79 Å². The number of amides is 1. The van der Waals surface area contributed by atoms with Crippen molar-refractivity contribution in [3.63, 3.8) is 0 Å². The molecule has 4 nitrogen and oxygen atoms in total. The maximum atomic E-state index is 12.3. The lowest BCUT2D eigenvalue weighted by Gasteiger charge is -2.30. The van der Waals surface area contributed by atoms with Crippen molar-refractivity contribution in [3.05, 3.63) is 28.8 Å². The van der Waals surface area contributed by atoms with Gasteiger partial charge in [0.25, 0.3) is 5.91 Å². The smallest absolute Gasteiger partial charge is 0.260 e. The molecule has 1 fully saturated rings. The van der Waals surface area contributed by atoms with Crippen molar-refractivity contribution < 1.29 is 9.53 Å². The summed E-state index contributed by atoms with van der Waals surface area (Å²) in [7, 11) is 2.12. The van der Waals surface area contributed by atoms with Gasteiger partial charge >= 0.3 is 0 Å². The zero-order valence-electron chi connectivity index (χ0n) is 14.4. The van der Waals surface area contributed by atoms with Crippen LogP contribution < -0.4 is 10.1 Å². The lowest BCUT2D eigenvalue weighted by Crippen LogP contribution is -2.47. The molecule has 0 spiro atoms. The molecule has 1 aliphatic rings. The minimum absolute atomic E-state index is 0.0203. The first-order valence-corrected chi connectivity index (χ1v) is 8.10. The normalized spacial score (nSPS) is 18.0. The van der Waals surface area contributed by atoms with Crippen LogP contribution in [-0.4, -0.2) is 43.1 Å². The third-order valence-electron chi connectivity index (χ3n) is 4.50. The van der Waals surface area contributed by atoms with E-state index in [4.69, 9.17) is 4.74 Å². The Morgan fingerprint density at radius 3 is 2.55 bits per heavy atom. The Morgan fingerprint density at radius 1 is 1.27 bits per heavy atom. The van der Waals surface area contributed by atoms with Crippen LogP contribution in [0.2, 0.25) is 0 Å². The summed E-state index contributed by atoms with van der Waals surface area (Å²) >= 11 is 0. The quantitative estimate of drug-likeness (QED) is 0.929. The largest absolute Gasteiger partial charge is 0.481 e. The molecule has 1 N–H and O–H groups in total. The number of hydrogen-bond donors (Lipinski definition) is 1. The molecule has 22 heavy (non-hydrogen) atoms. The molecular weight excluding hydrogens is 276 g/mol. The molecule has 1 saturated heterocycles. The van der Waals surface area contributed by atoms with Gasteiger partial charge in [0.05, 0.1) is 0 Å². The molecule has 0 saturated carbocycles. The molecule has 0 radical (unpaired) electrons. The number of rotatable bonds is 4. The summed E-state index contributed by atoms with van der Waals surface area (Å²) in [4.78, 5) is 14.6. The Balaban J connectivity index is 1.94. The van der Waals surface area contributed by atoms with Crippen LogP contribution in [0.4, 0.5) is 0 Å². The second kappa shape index (κ2) is 7.14. The number of carbonyl (C=O) groups is 1. The van der Waals surface area contributed by atoms with Gasteiger partial charge in [0.2, 0.25) is 0 Å². The molecular formula is C18H28N2O2. The number of likely N-dealkylation sites (tertiary alicyclic amines) is 1. The Bertz CT molecular complexity index is 534. The van der Waals surface area contributed by atoms with E-state index in [0.29, 0.717) is 0 Å². The number of aryl methyl sites for hydroxylation is 2. The molecule has 122 valence electrons. The van der Waals surface area contributed by atoms with Crippen LogP contribution in [0.3, 0.4) is 0 Å². The predicted octanol–water partition coefficient (Wildman–Crippen LogP) is 2.59. The number of hydrogen-bond acceptors (Lipinski definition) is 3. The molecule has 0 unspecified atom stereocenters. The fourth-order valence-corrected chi connectivity index (χ4v) is 2.84. The van der Waals surface area contributed by atoms with Crippen LogP contribution in [0.15, 0.2) is 12.1 Å². The number of nitrogens with one attached hydrogen (secondary N) is 1. The van der Waals surface area contributed by atoms with Crippen LogP contribution in [0.5, 0.6) is 5.75 Å². The molecule has 1 atom stereocenters. The van der Waals surface area contributed by atoms with Crippen molar-refractivity contribution in [2.24, 2.45) is 0 Å². The molecule has 1 heterocycles. The topological polar surface area (TPSA) is 41.6 Å². The van der Waals surface area contributed by atoms with E-state index < -0.39 is 6.10 Å². The van der Waals surface area contributed by atoms with E-state index in [1.807, 2.05) is 26.8 Å². The number of ether oxygens (including phenoxy) is 1. The summed E-state index contributed by atoms with van der Waals surface area (Å²) in [5, 5.41) is 3.12. The Hall–Kier alpha value is -1.55. The molecule has 1 aliphatic heterocycles. The lowest BCUT2D eigenvalue weighted by atomic mass is 10.0. The predicted molar refractivity (Wildman–Crippen MR) is 89.4 cm³/mol. The third-order valence-corrected chi connectivity index (χ3v) is 4.50. The zero-order valence-corrected chi connectivity index (χ0v) is 14.4. The van der Waals surface area contributed by atoms with Crippen molar-refractivity contribution in [2.75, 3.05) is 20.1 Å². The van der Waals surface area contributed by atoms with Gasteiger partial charge in [-0.3, -0.25) is 4.79 Å². The highest BCUT2D eigenvalue weighted by Gasteiger charge is 2.22.